The second-order valence-electron chi connectivity index (χ2n) is 6.25. The molecule has 1 aliphatic carbocycles. The molecule has 0 amide bonds. The fourth-order valence-corrected chi connectivity index (χ4v) is 4.08. The minimum Gasteiger partial charge on any atom is -0.349 e. The average molecular weight is 311 g/mol. The number of hydrogen-bond donors (Lipinski definition) is 0. The Hall–Kier alpha value is -0.840. The smallest absolute Gasteiger partial charge is 0.175 e. The lowest BCUT2D eigenvalue weighted by molar-refractivity contribution is -0.268. The van der Waals surface area contributed by atoms with Crippen LogP contribution in [0.3, 0.4) is 0 Å². The normalized spacial score (nSPS) is 33.1. The van der Waals surface area contributed by atoms with E-state index in [0.717, 1.165) is 44.4 Å². The second kappa shape index (κ2) is 5.41. The van der Waals surface area contributed by atoms with E-state index in [9.17, 15) is 0 Å². The molecule has 1 aromatic rings. The lowest BCUT2D eigenvalue weighted by Crippen LogP contribution is -2.43. The molecule has 4 nitrogen and oxygen atoms in total. The standard InChI is InChI=1S/C16H23ClN2O2/c1-4-6-15-7-5-8-16(15,20-10-9-15)21-12(2)13-11-14(17)19(3)18-13/h4,11-12H,1,5-10H2,2-3H3. The lowest BCUT2D eigenvalue weighted by atomic mass is 9.77. The molecule has 2 heterocycles. The van der Waals surface area contributed by atoms with Crippen LogP contribution < -0.4 is 0 Å². The predicted octanol–water partition coefficient (Wildman–Crippen LogP) is 4.01. The maximum atomic E-state index is 6.43. The summed E-state index contributed by atoms with van der Waals surface area (Å²) >= 11 is 6.08. The van der Waals surface area contributed by atoms with Crippen LogP contribution in [-0.2, 0) is 16.5 Å². The number of aromatic nitrogens is 2. The third-order valence-electron chi connectivity index (χ3n) is 5.05. The summed E-state index contributed by atoms with van der Waals surface area (Å²) in [5.74, 6) is -0.482. The molecule has 0 radical (unpaired) electrons. The zero-order valence-electron chi connectivity index (χ0n) is 12.8. The summed E-state index contributed by atoms with van der Waals surface area (Å²) in [6.07, 6.45) is 7.10. The molecule has 1 aromatic heterocycles. The molecule has 0 spiro atoms. The quantitative estimate of drug-likeness (QED) is 0.771. The topological polar surface area (TPSA) is 36.3 Å². The lowest BCUT2D eigenvalue weighted by Gasteiger charge is -2.40. The Labute approximate surface area is 131 Å². The highest BCUT2D eigenvalue weighted by Gasteiger charge is 2.60. The van der Waals surface area contributed by atoms with Crippen LogP contribution in [0.5, 0.6) is 0 Å². The maximum Gasteiger partial charge on any atom is 0.175 e. The van der Waals surface area contributed by atoms with Crippen molar-refractivity contribution in [2.45, 2.75) is 50.9 Å². The van der Waals surface area contributed by atoms with Crippen LogP contribution in [0.15, 0.2) is 18.7 Å². The average Bonchev–Trinajstić information content (AvgIpc) is 3.02. The van der Waals surface area contributed by atoms with Gasteiger partial charge in [-0.25, -0.2) is 0 Å². The first-order valence-electron chi connectivity index (χ1n) is 7.64. The van der Waals surface area contributed by atoms with E-state index in [1.54, 1.807) is 4.68 Å². The molecule has 3 unspecified atom stereocenters. The van der Waals surface area contributed by atoms with Crippen LogP contribution in [0.25, 0.3) is 0 Å². The summed E-state index contributed by atoms with van der Waals surface area (Å²) in [4.78, 5) is 0. The van der Waals surface area contributed by atoms with Crippen molar-refractivity contribution in [2.75, 3.05) is 6.61 Å². The Morgan fingerprint density at radius 1 is 1.57 bits per heavy atom. The van der Waals surface area contributed by atoms with Gasteiger partial charge in [0.1, 0.15) is 11.3 Å². The molecule has 0 aromatic carbocycles. The number of nitrogens with zero attached hydrogens (tertiary/aromatic N) is 2. The van der Waals surface area contributed by atoms with Gasteiger partial charge in [0, 0.05) is 24.9 Å². The van der Waals surface area contributed by atoms with Gasteiger partial charge >= 0.3 is 0 Å². The number of allylic oxidation sites excluding steroid dienone is 1. The molecule has 1 aliphatic heterocycles. The fraction of sp³-hybridized carbons (Fsp3) is 0.688. The van der Waals surface area contributed by atoms with Gasteiger partial charge in [-0.15, -0.1) is 6.58 Å². The first-order valence-corrected chi connectivity index (χ1v) is 8.02. The highest BCUT2D eigenvalue weighted by molar-refractivity contribution is 6.29. The number of rotatable bonds is 5. The van der Waals surface area contributed by atoms with Gasteiger partial charge in [0.05, 0.1) is 12.3 Å². The van der Waals surface area contributed by atoms with Crippen molar-refractivity contribution in [3.63, 3.8) is 0 Å². The van der Waals surface area contributed by atoms with Gasteiger partial charge < -0.3 is 9.47 Å². The second-order valence-corrected chi connectivity index (χ2v) is 6.64. The zero-order valence-corrected chi connectivity index (χ0v) is 13.5. The number of hydrogen-bond acceptors (Lipinski definition) is 3. The van der Waals surface area contributed by atoms with E-state index in [4.69, 9.17) is 21.1 Å². The summed E-state index contributed by atoms with van der Waals surface area (Å²) < 4.78 is 14.2. The molecule has 0 N–H and O–H groups in total. The SMILES string of the molecule is C=CCC12CCCC1(OC(C)c1cc(Cl)n(C)n1)OCC2. The van der Waals surface area contributed by atoms with Crippen LogP contribution >= 0.6 is 11.6 Å². The van der Waals surface area contributed by atoms with Gasteiger partial charge in [0.2, 0.25) is 0 Å². The van der Waals surface area contributed by atoms with Gasteiger partial charge in [-0.05, 0) is 32.6 Å². The Kier molecular flexibility index (Phi) is 3.89. The van der Waals surface area contributed by atoms with Crippen molar-refractivity contribution in [3.8, 4) is 0 Å². The molecule has 3 atom stereocenters. The van der Waals surface area contributed by atoms with E-state index in [0.29, 0.717) is 5.15 Å². The van der Waals surface area contributed by atoms with Gasteiger partial charge in [0.25, 0.3) is 0 Å². The first-order chi connectivity index (χ1) is 10.0. The molecular formula is C16H23ClN2O2. The van der Waals surface area contributed by atoms with Crippen molar-refractivity contribution < 1.29 is 9.47 Å². The van der Waals surface area contributed by atoms with Crippen molar-refractivity contribution in [1.82, 2.24) is 9.78 Å². The molecule has 3 rings (SSSR count). The van der Waals surface area contributed by atoms with Crippen LogP contribution in [0.4, 0.5) is 0 Å². The van der Waals surface area contributed by atoms with E-state index < -0.39 is 5.79 Å². The minimum absolute atomic E-state index is 0.0849. The highest BCUT2D eigenvalue weighted by atomic mass is 35.5. The van der Waals surface area contributed by atoms with E-state index in [1.165, 1.54) is 0 Å². The van der Waals surface area contributed by atoms with Crippen LogP contribution in [0.1, 0.15) is 50.8 Å². The Morgan fingerprint density at radius 2 is 2.38 bits per heavy atom. The fourth-order valence-electron chi connectivity index (χ4n) is 3.93. The van der Waals surface area contributed by atoms with Gasteiger partial charge in [-0.3, -0.25) is 4.68 Å². The summed E-state index contributed by atoms with van der Waals surface area (Å²) in [6.45, 7) is 6.71. The van der Waals surface area contributed by atoms with Crippen LogP contribution in [0, 0.1) is 5.41 Å². The summed E-state index contributed by atoms with van der Waals surface area (Å²) in [7, 11) is 1.83. The van der Waals surface area contributed by atoms with Crippen LogP contribution in [0.2, 0.25) is 5.15 Å². The molecule has 0 bridgehead atoms. The number of aryl methyl sites for hydroxylation is 1. The zero-order chi connectivity index (χ0) is 15.1. The van der Waals surface area contributed by atoms with E-state index in [-0.39, 0.29) is 11.5 Å². The van der Waals surface area contributed by atoms with Gasteiger partial charge in [0.15, 0.2) is 5.79 Å². The van der Waals surface area contributed by atoms with Crippen molar-refractivity contribution >= 4 is 11.6 Å². The molecule has 116 valence electrons. The third kappa shape index (κ3) is 2.33. The molecule has 2 aliphatic rings. The molecular weight excluding hydrogens is 288 g/mol. The largest absolute Gasteiger partial charge is 0.349 e. The summed E-state index contributed by atoms with van der Waals surface area (Å²) in [6, 6.07) is 1.86. The minimum atomic E-state index is -0.482. The van der Waals surface area contributed by atoms with E-state index in [1.807, 2.05) is 26.1 Å². The molecule has 2 fully saturated rings. The predicted molar refractivity (Wildman–Crippen MR) is 82.1 cm³/mol. The van der Waals surface area contributed by atoms with Crippen molar-refractivity contribution in [2.24, 2.45) is 12.5 Å². The summed E-state index contributed by atoms with van der Waals surface area (Å²) in [5.41, 5.74) is 0.938. The van der Waals surface area contributed by atoms with Crippen molar-refractivity contribution in [1.29, 1.82) is 0 Å². The number of halogens is 1. The Balaban J connectivity index is 1.83. The monoisotopic (exact) mass is 310 g/mol. The molecule has 1 saturated heterocycles. The van der Waals surface area contributed by atoms with E-state index >= 15 is 0 Å². The van der Waals surface area contributed by atoms with Gasteiger partial charge in [-0.2, -0.15) is 5.10 Å². The molecule has 5 heteroatoms. The number of ether oxygens (including phenoxy) is 2. The Bertz CT molecular complexity index is 511. The molecule has 1 saturated carbocycles. The van der Waals surface area contributed by atoms with Gasteiger partial charge in [-0.1, -0.05) is 17.7 Å². The van der Waals surface area contributed by atoms with Crippen LogP contribution in [-0.4, -0.2) is 22.2 Å². The maximum absolute atomic E-state index is 6.43. The summed E-state index contributed by atoms with van der Waals surface area (Å²) in [5, 5.41) is 5.04. The van der Waals surface area contributed by atoms with Crippen molar-refractivity contribution in [3.05, 3.63) is 29.6 Å². The molecule has 21 heavy (non-hydrogen) atoms. The first kappa shape index (κ1) is 15.1. The third-order valence-corrected chi connectivity index (χ3v) is 5.40. The Morgan fingerprint density at radius 3 is 3.05 bits per heavy atom. The van der Waals surface area contributed by atoms with E-state index in [2.05, 4.69) is 11.7 Å². The highest BCUT2D eigenvalue weighted by Crippen LogP contribution is 2.59. The number of fused-ring (bicyclic) bond motifs is 1.